The minimum absolute atomic E-state index is 0.0304. The van der Waals surface area contributed by atoms with Crippen LogP contribution in [0.2, 0.25) is 0 Å². The topological polar surface area (TPSA) is 140 Å². The van der Waals surface area contributed by atoms with Gasteiger partial charge in [-0.1, -0.05) is 47.7 Å². The molecular weight excluding hydrogens is 490 g/mol. The molecule has 4 aromatic rings. The standard InChI is InChI=1S/C25H29N9O2S/c1-15(2)22-30-24(36-31-22)33-12-10-17(11-13-33)16(3)35-25-29-21-9-8-20(28-23(21)37-25)18-4-6-19(7-5-18)34(14-26)32-27/h4-9,14-17,26-27H,10-13H2,1-3H3. The van der Waals surface area contributed by atoms with E-state index in [1.165, 1.54) is 16.3 Å². The number of piperidine rings is 1. The third kappa shape index (κ3) is 5.29. The largest absolute Gasteiger partial charge is 0.467 e. The summed E-state index contributed by atoms with van der Waals surface area (Å²) < 4.78 is 11.7. The highest BCUT2D eigenvalue weighted by atomic mass is 32.1. The summed E-state index contributed by atoms with van der Waals surface area (Å²) in [5.74, 6) is 1.40. The first-order valence-electron chi connectivity index (χ1n) is 12.3. The SMILES string of the molecule is CC(C)c1noc(N2CCC(C(C)Oc3nc4ccc(-c5ccc(N(C=N)N=N)cc5)nc4s3)CC2)n1. The van der Waals surface area contributed by atoms with Crippen LogP contribution in [0.5, 0.6) is 5.19 Å². The first kappa shape index (κ1) is 24.8. The van der Waals surface area contributed by atoms with Crippen molar-refractivity contribution in [2.75, 3.05) is 23.0 Å². The van der Waals surface area contributed by atoms with Crippen molar-refractivity contribution in [1.29, 1.82) is 10.9 Å². The highest BCUT2D eigenvalue weighted by Crippen LogP contribution is 2.33. The Morgan fingerprint density at radius 1 is 1.11 bits per heavy atom. The third-order valence-electron chi connectivity index (χ3n) is 6.60. The molecule has 4 heterocycles. The Labute approximate surface area is 218 Å². The molecule has 2 N–H and O–H groups in total. The molecule has 0 spiro atoms. The van der Waals surface area contributed by atoms with Gasteiger partial charge in [0, 0.05) is 24.6 Å². The van der Waals surface area contributed by atoms with E-state index in [1.54, 1.807) is 12.1 Å². The molecule has 3 aromatic heterocycles. The van der Waals surface area contributed by atoms with Crippen molar-refractivity contribution < 1.29 is 9.26 Å². The molecule has 1 fully saturated rings. The zero-order valence-corrected chi connectivity index (χ0v) is 21.8. The molecule has 1 aromatic carbocycles. The number of pyridine rings is 1. The summed E-state index contributed by atoms with van der Waals surface area (Å²) in [7, 11) is 0. The maximum atomic E-state index is 7.33. The van der Waals surface area contributed by atoms with Crippen LogP contribution in [-0.4, -0.2) is 45.6 Å². The predicted octanol–water partition coefficient (Wildman–Crippen LogP) is 5.91. The summed E-state index contributed by atoms with van der Waals surface area (Å²) in [4.78, 5) is 16.9. The number of nitrogens with zero attached hydrogens (tertiary/aromatic N) is 7. The van der Waals surface area contributed by atoms with E-state index in [0.717, 1.165) is 59.7 Å². The number of thiazole rings is 1. The summed E-state index contributed by atoms with van der Waals surface area (Å²) in [6, 6.07) is 11.9. The predicted molar refractivity (Wildman–Crippen MR) is 143 cm³/mol. The number of rotatable bonds is 9. The van der Waals surface area contributed by atoms with E-state index in [0.29, 0.717) is 22.8 Å². The van der Waals surface area contributed by atoms with Crippen molar-refractivity contribution in [3.63, 3.8) is 0 Å². The molecule has 192 valence electrons. The van der Waals surface area contributed by atoms with Crippen molar-refractivity contribution >= 4 is 39.7 Å². The number of fused-ring (bicyclic) bond motifs is 1. The van der Waals surface area contributed by atoms with Crippen LogP contribution < -0.4 is 14.6 Å². The number of benzene rings is 1. The van der Waals surface area contributed by atoms with Crippen LogP contribution in [0.3, 0.4) is 0 Å². The molecule has 5 rings (SSSR count). The van der Waals surface area contributed by atoms with Crippen molar-refractivity contribution in [3.05, 3.63) is 42.2 Å². The maximum absolute atomic E-state index is 7.33. The second kappa shape index (κ2) is 10.6. The monoisotopic (exact) mass is 519 g/mol. The average molecular weight is 520 g/mol. The second-order valence-corrected chi connectivity index (χ2v) is 10.3. The van der Waals surface area contributed by atoms with Crippen LogP contribution in [-0.2, 0) is 0 Å². The lowest BCUT2D eigenvalue weighted by Gasteiger charge is -2.33. The lowest BCUT2D eigenvalue weighted by molar-refractivity contribution is 0.131. The Bertz CT molecular complexity index is 1370. The summed E-state index contributed by atoms with van der Waals surface area (Å²) >= 11 is 1.45. The van der Waals surface area contributed by atoms with Crippen LogP contribution in [0.4, 0.5) is 11.7 Å². The molecule has 12 heteroatoms. The van der Waals surface area contributed by atoms with E-state index in [-0.39, 0.29) is 12.0 Å². The van der Waals surface area contributed by atoms with Gasteiger partial charge in [-0.3, -0.25) is 5.41 Å². The van der Waals surface area contributed by atoms with Gasteiger partial charge in [-0.05, 0) is 49.9 Å². The van der Waals surface area contributed by atoms with Gasteiger partial charge in [0.05, 0.1) is 11.4 Å². The third-order valence-corrected chi connectivity index (χ3v) is 7.46. The van der Waals surface area contributed by atoms with Crippen molar-refractivity contribution in [2.45, 2.75) is 45.6 Å². The lowest BCUT2D eigenvalue weighted by Crippen LogP contribution is -2.38. The molecule has 1 aliphatic heterocycles. The number of anilines is 2. The van der Waals surface area contributed by atoms with E-state index in [1.807, 2.05) is 24.3 Å². The smallest absolute Gasteiger partial charge is 0.324 e. The Kier molecular flexibility index (Phi) is 7.08. The first-order valence-corrected chi connectivity index (χ1v) is 13.1. The Hall–Kier alpha value is -3.93. The number of nitrogens with one attached hydrogen (secondary N) is 2. The maximum Gasteiger partial charge on any atom is 0.324 e. The van der Waals surface area contributed by atoms with Crippen molar-refractivity contribution in [1.82, 2.24) is 20.1 Å². The molecule has 0 amide bonds. The molecule has 0 bridgehead atoms. The van der Waals surface area contributed by atoms with Crippen LogP contribution in [0.25, 0.3) is 21.6 Å². The van der Waals surface area contributed by atoms with Crippen molar-refractivity contribution in [2.24, 2.45) is 11.1 Å². The van der Waals surface area contributed by atoms with Gasteiger partial charge in [0.1, 0.15) is 22.8 Å². The van der Waals surface area contributed by atoms with Gasteiger partial charge in [0.15, 0.2) is 5.82 Å². The number of hydrogen-bond donors (Lipinski definition) is 2. The van der Waals surface area contributed by atoms with E-state index >= 15 is 0 Å². The van der Waals surface area contributed by atoms with E-state index in [2.05, 4.69) is 46.0 Å². The van der Waals surface area contributed by atoms with E-state index < -0.39 is 0 Å². The zero-order chi connectivity index (χ0) is 25.9. The molecule has 1 unspecified atom stereocenters. The van der Waals surface area contributed by atoms with Crippen LogP contribution in [0, 0.1) is 16.9 Å². The fraction of sp³-hybridized carbons (Fsp3) is 0.400. The van der Waals surface area contributed by atoms with Gasteiger partial charge in [-0.25, -0.2) is 15.0 Å². The molecule has 37 heavy (non-hydrogen) atoms. The summed E-state index contributed by atoms with van der Waals surface area (Å²) in [6.45, 7) is 7.93. The number of ether oxygens (including phenoxy) is 1. The number of aromatic nitrogens is 4. The van der Waals surface area contributed by atoms with Gasteiger partial charge in [0.2, 0.25) is 0 Å². The molecule has 0 aliphatic carbocycles. The molecular formula is C25H29N9O2S. The van der Waals surface area contributed by atoms with Gasteiger partial charge >= 0.3 is 6.01 Å². The number of hydrogen-bond acceptors (Lipinski definition) is 11. The molecule has 0 saturated carbocycles. The fourth-order valence-corrected chi connectivity index (χ4v) is 5.23. The second-order valence-electron chi connectivity index (χ2n) is 9.36. The van der Waals surface area contributed by atoms with E-state index in [4.69, 9.17) is 25.2 Å². The lowest BCUT2D eigenvalue weighted by atomic mass is 9.92. The van der Waals surface area contributed by atoms with Crippen LogP contribution >= 0.6 is 11.3 Å². The normalized spacial score (nSPS) is 15.2. The molecule has 1 aliphatic rings. The van der Waals surface area contributed by atoms with Gasteiger partial charge in [0.25, 0.3) is 5.19 Å². The van der Waals surface area contributed by atoms with Gasteiger partial charge in [-0.2, -0.15) is 10.5 Å². The fourth-order valence-electron chi connectivity index (χ4n) is 4.36. The Balaban J connectivity index is 1.22. The average Bonchev–Trinajstić information content (AvgIpc) is 3.57. The quantitative estimate of drug-likeness (QED) is 0.120. The molecule has 1 saturated heterocycles. The molecule has 11 nitrogen and oxygen atoms in total. The highest BCUT2D eigenvalue weighted by molar-refractivity contribution is 7.19. The Morgan fingerprint density at radius 2 is 1.86 bits per heavy atom. The summed E-state index contributed by atoms with van der Waals surface area (Å²) in [6.07, 6.45) is 2.98. The van der Waals surface area contributed by atoms with Gasteiger partial charge < -0.3 is 14.2 Å². The molecule has 0 radical (unpaired) electrons. The van der Waals surface area contributed by atoms with Crippen molar-refractivity contribution in [3.8, 4) is 16.5 Å². The summed E-state index contributed by atoms with van der Waals surface area (Å²) in [5.41, 5.74) is 10.3. The summed E-state index contributed by atoms with van der Waals surface area (Å²) in [5, 5.41) is 16.5. The van der Waals surface area contributed by atoms with Crippen LogP contribution in [0.15, 0.2) is 46.1 Å². The Morgan fingerprint density at radius 3 is 2.51 bits per heavy atom. The van der Waals surface area contributed by atoms with E-state index in [9.17, 15) is 0 Å². The minimum atomic E-state index is 0.0304. The molecule has 1 atom stereocenters. The van der Waals surface area contributed by atoms with Crippen LogP contribution in [0.1, 0.15) is 45.4 Å². The minimum Gasteiger partial charge on any atom is -0.467 e. The zero-order valence-electron chi connectivity index (χ0n) is 21.0. The first-order chi connectivity index (χ1) is 17.9. The van der Waals surface area contributed by atoms with Gasteiger partial charge in [-0.15, -0.1) is 0 Å². The highest BCUT2D eigenvalue weighted by Gasteiger charge is 2.28.